The molecule has 0 spiro atoms. The number of ether oxygens (including phenoxy) is 2. The maximum Gasteiger partial charge on any atom is 0.303 e. The van der Waals surface area contributed by atoms with E-state index >= 15 is 0 Å². The molecule has 1 amide bonds. The van der Waals surface area contributed by atoms with E-state index in [1.54, 1.807) is 54.6 Å². The van der Waals surface area contributed by atoms with Crippen molar-refractivity contribution < 1.29 is 23.9 Å². The predicted octanol–water partition coefficient (Wildman–Crippen LogP) is 2.65. The molecule has 0 saturated heterocycles. The van der Waals surface area contributed by atoms with Gasteiger partial charge < -0.3 is 14.8 Å². The lowest BCUT2D eigenvalue weighted by Gasteiger charge is -2.27. The number of nitrogens with one attached hydrogen (secondary N) is 1. The maximum absolute atomic E-state index is 12.5. The molecule has 0 saturated carbocycles. The van der Waals surface area contributed by atoms with E-state index in [0.29, 0.717) is 11.1 Å². The van der Waals surface area contributed by atoms with Crippen LogP contribution in [0, 0.1) is 0 Å². The summed E-state index contributed by atoms with van der Waals surface area (Å²) in [6.07, 6.45) is -0.791. The average molecular weight is 355 g/mol. The summed E-state index contributed by atoms with van der Waals surface area (Å²) >= 11 is 0. The highest BCUT2D eigenvalue weighted by molar-refractivity contribution is 5.94. The van der Waals surface area contributed by atoms with Gasteiger partial charge in [0.15, 0.2) is 6.10 Å². The van der Waals surface area contributed by atoms with Crippen molar-refractivity contribution >= 4 is 17.8 Å². The number of amides is 1. The smallest absolute Gasteiger partial charge is 0.303 e. The predicted molar refractivity (Wildman–Crippen MR) is 95.3 cm³/mol. The molecule has 2 atom stereocenters. The van der Waals surface area contributed by atoms with Crippen LogP contribution >= 0.6 is 0 Å². The van der Waals surface area contributed by atoms with Crippen molar-refractivity contribution in [2.24, 2.45) is 0 Å². The van der Waals surface area contributed by atoms with Gasteiger partial charge in [0.25, 0.3) is 5.91 Å². The number of carbonyl (C=O) groups is 3. The lowest BCUT2D eigenvalue weighted by molar-refractivity contribution is -0.151. The van der Waals surface area contributed by atoms with Crippen LogP contribution in [0.4, 0.5) is 0 Å². The number of hydrogen-bond acceptors (Lipinski definition) is 5. The molecular formula is C20H21NO5. The molecule has 6 heteroatoms. The molecule has 0 fully saturated rings. The fourth-order valence-electron chi connectivity index (χ4n) is 2.46. The monoisotopic (exact) mass is 355 g/mol. The molecule has 6 nitrogen and oxygen atoms in total. The number of carbonyl (C=O) groups excluding carboxylic acids is 3. The maximum atomic E-state index is 12.5. The van der Waals surface area contributed by atoms with Gasteiger partial charge in [0.1, 0.15) is 12.6 Å². The van der Waals surface area contributed by atoms with Crippen LogP contribution in [0.15, 0.2) is 60.7 Å². The summed E-state index contributed by atoms with van der Waals surface area (Å²) in [6.45, 7) is 2.44. The lowest BCUT2D eigenvalue weighted by atomic mass is 10.0. The van der Waals surface area contributed by atoms with Gasteiger partial charge in [-0.15, -0.1) is 0 Å². The first-order valence-corrected chi connectivity index (χ1v) is 8.19. The van der Waals surface area contributed by atoms with Crippen molar-refractivity contribution in [3.63, 3.8) is 0 Å². The molecule has 0 aromatic heterocycles. The van der Waals surface area contributed by atoms with Crippen LogP contribution in [0.2, 0.25) is 0 Å². The third-order valence-electron chi connectivity index (χ3n) is 3.61. The Hall–Kier alpha value is -3.15. The molecule has 26 heavy (non-hydrogen) atoms. The second-order valence-electron chi connectivity index (χ2n) is 5.69. The normalized spacial score (nSPS) is 12.5. The fraction of sp³-hybridized carbons (Fsp3) is 0.250. The minimum absolute atomic E-state index is 0.124. The van der Waals surface area contributed by atoms with E-state index in [1.165, 1.54) is 13.8 Å². The highest BCUT2D eigenvalue weighted by Gasteiger charge is 2.29. The van der Waals surface area contributed by atoms with Crippen molar-refractivity contribution in [1.82, 2.24) is 5.32 Å². The summed E-state index contributed by atoms with van der Waals surface area (Å²) < 4.78 is 10.5. The summed E-state index contributed by atoms with van der Waals surface area (Å²) in [6, 6.07) is 16.9. The Kier molecular flexibility index (Phi) is 6.91. The van der Waals surface area contributed by atoms with E-state index in [2.05, 4.69) is 5.32 Å². The van der Waals surface area contributed by atoms with Crippen LogP contribution in [0.1, 0.15) is 35.9 Å². The van der Waals surface area contributed by atoms with Gasteiger partial charge in [0.2, 0.25) is 0 Å². The van der Waals surface area contributed by atoms with Crippen LogP contribution in [0.25, 0.3) is 0 Å². The zero-order valence-electron chi connectivity index (χ0n) is 14.7. The Bertz CT molecular complexity index is 745. The second-order valence-corrected chi connectivity index (χ2v) is 5.69. The van der Waals surface area contributed by atoms with Crippen molar-refractivity contribution in [1.29, 1.82) is 0 Å². The quantitative estimate of drug-likeness (QED) is 0.772. The van der Waals surface area contributed by atoms with E-state index < -0.39 is 24.1 Å². The third-order valence-corrected chi connectivity index (χ3v) is 3.61. The Morgan fingerprint density at radius 3 is 2.00 bits per heavy atom. The molecule has 0 bridgehead atoms. The number of esters is 2. The minimum atomic E-state index is -0.791. The zero-order valence-corrected chi connectivity index (χ0v) is 14.7. The second kappa shape index (κ2) is 9.36. The van der Waals surface area contributed by atoms with E-state index in [0.717, 1.165) is 0 Å². The molecule has 2 aromatic carbocycles. The first kappa shape index (κ1) is 19.2. The van der Waals surface area contributed by atoms with Crippen molar-refractivity contribution in [2.45, 2.75) is 26.0 Å². The minimum Gasteiger partial charge on any atom is -0.464 e. The first-order valence-electron chi connectivity index (χ1n) is 8.19. The molecule has 0 radical (unpaired) electrons. The molecule has 0 aliphatic carbocycles. The number of benzene rings is 2. The van der Waals surface area contributed by atoms with E-state index in [1.807, 2.05) is 6.07 Å². The SMILES string of the molecule is CC(=O)OC[C@H](NC(=O)c1ccccc1)[C@@H](OC(C)=O)c1ccccc1. The van der Waals surface area contributed by atoms with E-state index in [4.69, 9.17) is 9.47 Å². The van der Waals surface area contributed by atoms with Crippen LogP contribution in [-0.2, 0) is 19.1 Å². The van der Waals surface area contributed by atoms with Crippen LogP contribution in [0.3, 0.4) is 0 Å². The van der Waals surface area contributed by atoms with Gasteiger partial charge in [-0.25, -0.2) is 0 Å². The first-order chi connectivity index (χ1) is 12.5. The van der Waals surface area contributed by atoms with E-state index in [9.17, 15) is 14.4 Å². The van der Waals surface area contributed by atoms with Gasteiger partial charge >= 0.3 is 11.9 Å². The Balaban J connectivity index is 2.28. The third kappa shape index (κ3) is 5.73. The van der Waals surface area contributed by atoms with E-state index in [-0.39, 0.29) is 12.5 Å². The zero-order chi connectivity index (χ0) is 18.9. The largest absolute Gasteiger partial charge is 0.464 e. The van der Waals surface area contributed by atoms with Crippen LogP contribution in [-0.4, -0.2) is 30.5 Å². The molecule has 0 aliphatic rings. The summed E-state index contributed by atoms with van der Waals surface area (Å²) in [7, 11) is 0. The standard InChI is InChI=1S/C20H21NO5/c1-14(22)25-13-18(21-20(24)17-11-7-4-8-12-17)19(26-15(2)23)16-9-5-3-6-10-16/h3-12,18-19H,13H2,1-2H3,(H,21,24)/t18-,19-/m0/s1. The van der Waals surface area contributed by atoms with Crippen molar-refractivity contribution in [3.8, 4) is 0 Å². The summed E-state index contributed by atoms with van der Waals surface area (Å²) in [5.41, 5.74) is 1.14. The highest BCUT2D eigenvalue weighted by atomic mass is 16.6. The topological polar surface area (TPSA) is 81.7 Å². The molecular weight excluding hydrogens is 334 g/mol. The van der Waals surface area contributed by atoms with Crippen LogP contribution < -0.4 is 5.32 Å². The van der Waals surface area contributed by atoms with Crippen LogP contribution in [0.5, 0.6) is 0 Å². The number of hydrogen-bond donors (Lipinski definition) is 1. The lowest BCUT2D eigenvalue weighted by Crippen LogP contribution is -2.44. The molecule has 2 aromatic rings. The van der Waals surface area contributed by atoms with Gasteiger partial charge in [-0.3, -0.25) is 14.4 Å². The molecule has 0 aliphatic heterocycles. The van der Waals surface area contributed by atoms with Crippen molar-refractivity contribution in [3.05, 3.63) is 71.8 Å². The number of rotatable bonds is 7. The molecule has 0 unspecified atom stereocenters. The van der Waals surface area contributed by atoms with Crippen molar-refractivity contribution in [2.75, 3.05) is 6.61 Å². The average Bonchev–Trinajstić information content (AvgIpc) is 2.64. The van der Waals surface area contributed by atoms with Gasteiger partial charge in [0, 0.05) is 19.4 Å². The van der Waals surface area contributed by atoms with Gasteiger partial charge in [-0.05, 0) is 17.7 Å². The molecule has 136 valence electrons. The summed E-state index contributed by atoms with van der Waals surface area (Å²) in [5, 5.41) is 2.80. The Labute approximate surface area is 152 Å². The molecule has 2 rings (SSSR count). The fourth-order valence-corrected chi connectivity index (χ4v) is 2.46. The van der Waals surface area contributed by atoms with Gasteiger partial charge in [0.05, 0.1) is 0 Å². The Morgan fingerprint density at radius 2 is 1.46 bits per heavy atom. The molecule has 0 heterocycles. The van der Waals surface area contributed by atoms with Gasteiger partial charge in [-0.1, -0.05) is 48.5 Å². The summed E-state index contributed by atoms with van der Waals surface area (Å²) in [5.74, 6) is -1.34. The van der Waals surface area contributed by atoms with Gasteiger partial charge in [-0.2, -0.15) is 0 Å². The summed E-state index contributed by atoms with van der Waals surface area (Å²) in [4.78, 5) is 35.4. The Morgan fingerprint density at radius 1 is 0.885 bits per heavy atom. The molecule has 1 N–H and O–H groups in total. The highest BCUT2D eigenvalue weighted by Crippen LogP contribution is 2.22.